The second-order valence-corrected chi connectivity index (χ2v) is 7.95. The van der Waals surface area contributed by atoms with Crippen LogP contribution in [0.4, 0.5) is 10.1 Å². The number of carbonyl (C=O) groups excluding carboxylic acids is 2. The highest BCUT2D eigenvalue weighted by molar-refractivity contribution is 7.14. The molecule has 0 aliphatic carbocycles. The first-order chi connectivity index (χ1) is 12.6. The molecule has 0 atom stereocenters. The van der Waals surface area contributed by atoms with Gasteiger partial charge in [-0.2, -0.15) is 0 Å². The second kappa shape index (κ2) is 8.26. The van der Waals surface area contributed by atoms with Gasteiger partial charge in [0.2, 0.25) is 11.7 Å². The number of hydrogen-bond donors (Lipinski definition) is 1. The Kier molecular flexibility index (Phi) is 6.27. The molecular formula is C18H19FN2O5S. The smallest absolute Gasteiger partial charge is 0.311 e. The number of hydrogen-bond acceptors (Lipinski definition) is 6. The molecule has 0 fully saturated rings. The molecule has 0 spiro atoms. The minimum atomic E-state index is -0.708. The molecule has 144 valence electrons. The molecule has 0 saturated heterocycles. The van der Waals surface area contributed by atoms with E-state index in [4.69, 9.17) is 4.74 Å². The Bertz CT molecular complexity index is 873. The highest BCUT2D eigenvalue weighted by Gasteiger charge is 2.21. The largest absolute Gasteiger partial charge is 0.478 e. The zero-order valence-electron chi connectivity index (χ0n) is 15.1. The fraction of sp³-hybridized carbons (Fsp3) is 0.333. The van der Waals surface area contributed by atoms with E-state index in [0.29, 0.717) is 11.4 Å². The van der Waals surface area contributed by atoms with Gasteiger partial charge in [-0.25, -0.2) is 4.39 Å². The van der Waals surface area contributed by atoms with Crippen LogP contribution in [0.1, 0.15) is 35.3 Å². The minimum absolute atomic E-state index is 0.106. The number of ether oxygens (including phenoxy) is 1. The molecule has 2 rings (SSSR count). The fourth-order valence-electron chi connectivity index (χ4n) is 2.02. The van der Waals surface area contributed by atoms with Crippen molar-refractivity contribution >= 4 is 28.7 Å². The number of halogens is 1. The van der Waals surface area contributed by atoms with Crippen molar-refractivity contribution in [2.75, 3.05) is 6.61 Å². The molecule has 2 aromatic rings. The van der Waals surface area contributed by atoms with Crippen molar-refractivity contribution < 1.29 is 23.6 Å². The molecule has 1 aromatic carbocycles. The number of nitrogens with one attached hydrogen (secondary N) is 1. The molecule has 1 heterocycles. The quantitative estimate of drug-likeness (QED) is 0.438. The van der Waals surface area contributed by atoms with Gasteiger partial charge in [-0.15, -0.1) is 11.3 Å². The Hall–Kier alpha value is -2.81. The summed E-state index contributed by atoms with van der Waals surface area (Å²) in [5, 5.41) is 13.7. The van der Waals surface area contributed by atoms with Crippen LogP contribution in [0.5, 0.6) is 5.75 Å². The normalized spacial score (nSPS) is 11.1. The number of nitro benzene ring substituents is 1. The lowest BCUT2D eigenvalue weighted by molar-refractivity contribution is -0.385. The van der Waals surface area contributed by atoms with Gasteiger partial charge in [-0.05, 0) is 18.2 Å². The molecule has 0 saturated carbocycles. The third-order valence-corrected chi connectivity index (χ3v) is 4.64. The summed E-state index contributed by atoms with van der Waals surface area (Å²) >= 11 is 1.19. The summed E-state index contributed by atoms with van der Waals surface area (Å²) in [6.07, 6.45) is 0. The SMILES string of the molecule is CC(C)(C)C(=O)NCc1ccc(C(=O)COc2cc(F)ccc2[N+](=O)[O-])s1. The molecule has 0 aliphatic rings. The maximum atomic E-state index is 13.3. The van der Waals surface area contributed by atoms with Crippen LogP contribution in [0.3, 0.4) is 0 Å². The number of rotatable bonds is 7. The highest BCUT2D eigenvalue weighted by atomic mass is 32.1. The van der Waals surface area contributed by atoms with Crippen LogP contribution < -0.4 is 10.1 Å². The van der Waals surface area contributed by atoms with Crippen molar-refractivity contribution in [2.24, 2.45) is 5.41 Å². The standard InChI is InChI=1S/C18H19FN2O5S/c1-18(2,3)17(23)20-9-12-5-7-16(27-12)14(22)10-26-15-8-11(19)4-6-13(15)21(24)25/h4-8H,9-10H2,1-3H3,(H,20,23). The number of carbonyl (C=O) groups is 2. The van der Waals surface area contributed by atoms with E-state index < -0.39 is 34.2 Å². The number of nitrogens with zero attached hydrogens (tertiary/aromatic N) is 1. The lowest BCUT2D eigenvalue weighted by Gasteiger charge is -2.17. The summed E-state index contributed by atoms with van der Waals surface area (Å²) in [5.41, 5.74) is -0.926. The maximum absolute atomic E-state index is 13.3. The Morgan fingerprint density at radius 2 is 1.96 bits per heavy atom. The molecule has 7 nitrogen and oxygen atoms in total. The first-order valence-corrected chi connectivity index (χ1v) is 8.86. The van der Waals surface area contributed by atoms with E-state index in [2.05, 4.69) is 5.32 Å². The Labute approximate surface area is 159 Å². The molecule has 9 heteroatoms. The lowest BCUT2D eigenvalue weighted by Crippen LogP contribution is -2.34. The summed E-state index contributed by atoms with van der Waals surface area (Å²) in [7, 11) is 0. The zero-order valence-corrected chi connectivity index (χ0v) is 15.9. The predicted molar refractivity (Wildman–Crippen MR) is 98.5 cm³/mol. The first kappa shape index (κ1) is 20.5. The van der Waals surface area contributed by atoms with Crippen LogP contribution >= 0.6 is 11.3 Å². The van der Waals surface area contributed by atoms with Crippen LogP contribution in [0.25, 0.3) is 0 Å². The average molecular weight is 394 g/mol. The molecule has 27 heavy (non-hydrogen) atoms. The van der Waals surface area contributed by atoms with E-state index in [1.165, 1.54) is 11.3 Å². The van der Waals surface area contributed by atoms with Gasteiger partial charge in [-0.1, -0.05) is 20.8 Å². The summed E-state index contributed by atoms with van der Waals surface area (Å²) in [6, 6.07) is 6.11. The van der Waals surface area contributed by atoms with E-state index in [-0.39, 0.29) is 11.7 Å². The van der Waals surface area contributed by atoms with Crippen molar-refractivity contribution in [3.8, 4) is 5.75 Å². The van der Waals surface area contributed by atoms with Crippen molar-refractivity contribution in [3.05, 3.63) is 56.0 Å². The third-order valence-electron chi connectivity index (χ3n) is 3.52. The number of benzene rings is 1. The fourth-order valence-corrected chi connectivity index (χ4v) is 2.90. The molecule has 0 aliphatic heterocycles. The van der Waals surface area contributed by atoms with Gasteiger partial charge in [0.05, 0.1) is 16.3 Å². The molecule has 0 bridgehead atoms. The van der Waals surface area contributed by atoms with Gasteiger partial charge in [0.1, 0.15) is 5.82 Å². The van der Waals surface area contributed by atoms with E-state index in [1.807, 2.05) is 0 Å². The minimum Gasteiger partial charge on any atom is -0.478 e. The van der Waals surface area contributed by atoms with Gasteiger partial charge >= 0.3 is 5.69 Å². The maximum Gasteiger partial charge on any atom is 0.311 e. The van der Waals surface area contributed by atoms with Gasteiger partial charge in [-0.3, -0.25) is 19.7 Å². The summed E-state index contributed by atoms with van der Waals surface area (Å²) < 4.78 is 18.4. The van der Waals surface area contributed by atoms with Gasteiger partial charge in [0.15, 0.2) is 12.4 Å². The van der Waals surface area contributed by atoms with Crippen LogP contribution in [-0.2, 0) is 11.3 Å². The van der Waals surface area contributed by atoms with Crippen LogP contribution in [-0.4, -0.2) is 23.2 Å². The number of nitro groups is 1. The molecule has 0 unspecified atom stereocenters. The van der Waals surface area contributed by atoms with E-state index >= 15 is 0 Å². The molecule has 1 aromatic heterocycles. The Morgan fingerprint density at radius 1 is 1.26 bits per heavy atom. The molecular weight excluding hydrogens is 375 g/mol. The first-order valence-electron chi connectivity index (χ1n) is 8.05. The molecule has 1 N–H and O–H groups in total. The topological polar surface area (TPSA) is 98.5 Å². The Morgan fingerprint density at radius 3 is 2.59 bits per heavy atom. The van der Waals surface area contributed by atoms with Gasteiger partial charge < -0.3 is 10.1 Å². The molecule has 0 radical (unpaired) electrons. The van der Waals surface area contributed by atoms with Crippen LogP contribution in [0.2, 0.25) is 0 Å². The number of Topliss-reactive ketones (excluding diaryl/α,β-unsaturated/α-hetero) is 1. The van der Waals surface area contributed by atoms with Crippen LogP contribution in [0, 0.1) is 21.3 Å². The molecule has 1 amide bonds. The van der Waals surface area contributed by atoms with Crippen molar-refractivity contribution in [1.29, 1.82) is 0 Å². The summed E-state index contributed by atoms with van der Waals surface area (Å²) in [6.45, 7) is 5.24. The van der Waals surface area contributed by atoms with Crippen molar-refractivity contribution in [3.63, 3.8) is 0 Å². The van der Waals surface area contributed by atoms with E-state index in [0.717, 1.165) is 23.1 Å². The third kappa shape index (κ3) is 5.58. The van der Waals surface area contributed by atoms with Gasteiger partial charge in [0, 0.05) is 22.4 Å². The highest BCUT2D eigenvalue weighted by Crippen LogP contribution is 2.28. The Balaban J connectivity index is 1.98. The van der Waals surface area contributed by atoms with Crippen molar-refractivity contribution in [1.82, 2.24) is 5.32 Å². The average Bonchev–Trinajstić information content (AvgIpc) is 3.05. The van der Waals surface area contributed by atoms with E-state index in [1.54, 1.807) is 32.9 Å². The number of thiophene rings is 1. The predicted octanol–water partition coefficient (Wildman–Crippen LogP) is 3.72. The summed E-state index contributed by atoms with van der Waals surface area (Å²) in [4.78, 5) is 35.5. The second-order valence-electron chi connectivity index (χ2n) is 6.78. The van der Waals surface area contributed by atoms with Crippen LogP contribution in [0.15, 0.2) is 30.3 Å². The van der Waals surface area contributed by atoms with Crippen molar-refractivity contribution in [2.45, 2.75) is 27.3 Å². The zero-order chi connectivity index (χ0) is 20.2. The van der Waals surface area contributed by atoms with Gasteiger partial charge in [0.25, 0.3) is 0 Å². The number of amides is 1. The summed E-state index contributed by atoms with van der Waals surface area (Å²) in [5.74, 6) is -1.50. The number of ketones is 1. The lowest BCUT2D eigenvalue weighted by atomic mass is 9.96. The monoisotopic (exact) mass is 394 g/mol. The van der Waals surface area contributed by atoms with E-state index in [9.17, 15) is 24.1 Å².